The maximum atomic E-state index is 12.3. The average molecular weight is 428 g/mol. The van der Waals surface area contributed by atoms with E-state index < -0.39 is 5.91 Å². The van der Waals surface area contributed by atoms with Gasteiger partial charge in [0.1, 0.15) is 6.73 Å². The van der Waals surface area contributed by atoms with Gasteiger partial charge in [-0.2, -0.15) is 4.98 Å². The van der Waals surface area contributed by atoms with E-state index >= 15 is 0 Å². The van der Waals surface area contributed by atoms with Gasteiger partial charge in [-0.15, -0.1) is 5.10 Å². The van der Waals surface area contributed by atoms with Crippen molar-refractivity contribution >= 4 is 11.7 Å². The van der Waals surface area contributed by atoms with Crippen molar-refractivity contribution in [2.45, 2.75) is 24.8 Å². The molecule has 2 aromatic heterocycles. The van der Waals surface area contributed by atoms with Crippen LogP contribution in [0.4, 0.5) is 0 Å². The average Bonchev–Trinajstić information content (AvgIpc) is 3.24. The van der Waals surface area contributed by atoms with Crippen LogP contribution in [0.3, 0.4) is 0 Å². The van der Waals surface area contributed by atoms with Gasteiger partial charge in [0.2, 0.25) is 5.82 Å². The zero-order valence-electron chi connectivity index (χ0n) is 17.8. The molecule has 1 aliphatic carbocycles. The van der Waals surface area contributed by atoms with Gasteiger partial charge in [-0.1, -0.05) is 54.6 Å². The highest BCUT2D eigenvalue weighted by Gasteiger charge is 2.34. The molecule has 8 nitrogen and oxygen atoms in total. The molecule has 2 heterocycles. The lowest BCUT2D eigenvalue weighted by molar-refractivity contribution is 0.0862. The number of fused-ring (bicyclic) bond motifs is 1. The Hall–Kier alpha value is -3.62. The molecule has 162 valence electrons. The monoisotopic (exact) mass is 428 g/mol. The molecule has 0 atom stereocenters. The number of methoxy groups -OCH3 is 1. The highest BCUT2D eigenvalue weighted by molar-refractivity contribution is 5.91. The summed E-state index contributed by atoms with van der Waals surface area (Å²) in [6.07, 6.45) is 5.05. The molecule has 32 heavy (non-hydrogen) atoms. The number of ether oxygens (including phenoxy) is 1. The summed E-state index contributed by atoms with van der Waals surface area (Å²) < 4.78 is 6.42. The van der Waals surface area contributed by atoms with Crippen molar-refractivity contribution in [2.24, 2.45) is 5.73 Å². The van der Waals surface area contributed by atoms with Crippen LogP contribution in [0.25, 0.3) is 28.2 Å². The van der Waals surface area contributed by atoms with Crippen LogP contribution in [-0.2, 0) is 10.3 Å². The summed E-state index contributed by atoms with van der Waals surface area (Å²) in [5, 5.41) is 6.90. The Kier molecular flexibility index (Phi) is 5.16. The van der Waals surface area contributed by atoms with E-state index in [0.717, 1.165) is 40.8 Å². The molecule has 3 N–H and O–H groups in total. The fourth-order valence-electron chi connectivity index (χ4n) is 3.99. The van der Waals surface area contributed by atoms with E-state index in [1.54, 1.807) is 0 Å². The van der Waals surface area contributed by atoms with Crippen LogP contribution < -0.4 is 11.1 Å². The van der Waals surface area contributed by atoms with Crippen LogP contribution in [0.5, 0.6) is 0 Å². The lowest BCUT2D eigenvalue weighted by Gasteiger charge is -2.38. The predicted molar refractivity (Wildman–Crippen MR) is 121 cm³/mol. The smallest absolute Gasteiger partial charge is 0.292 e. The van der Waals surface area contributed by atoms with Gasteiger partial charge in [-0.05, 0) is 30.4 Å². The van der Waals surface area contributed by atoms with Crippen molar-refractivity contribution in [1.82, 2.24) is 24.9 Å². The minimum Gasteiger partial charge on any atom is -0.364 e. The van der Waals surface area contributed by atoms with Gasteiger partial charge in [-0.25, -0.2) is 9.50 Å². The summed E-state index contributed by atoms with van der Waals surface area (Å²) >= 11 is 0. The van der Waals surface area contributed by atoms with Gasteiger partial charge in [0.15, 0.2) is 0 Å². The number of carbonyl (C=O) groups excluding carboxylic acids is 1. The molecule has 1 aliphatic rings. The number of nitrogens with zero attached hydrogens (tertiary/aromatic N) is 4. The quantitative estimate of drug-likeness (QED) is 0.457. The largest absolute Gasteiger partial charge is 0.364 e. The van der Waals surface area contributed by atoms with Gasteiger partial charge in [0.05, 0.1) is 5.69 Å². The molecule has 0 aliphatic heterocycles. The highest BCUT2D eigenvalue weighted by Crippen LogP contribution is 2.39. The second-order valence-electron chi connectivity index (χ2n) is 8.08. The van der Waals surface area contributed by atoms with Crippen LogP contribution in [0.2, 0.25) is 0 Å². The second kappa shape index (κ2) is 8.14. The Morgan fingerprint density at radius 3 is 2.50 bits per heavy atom. The number of hydrogen-bond donors (Lipinski definition) is 2. The van der Waals surface area contributed by atoms with Gasteiger partial charge in [-0.3, -0.25) is 4.79 Å². The topological polar surface area (TPSA) is 107 Å². The molecule has 1 fully saturated rings. The maximum Gasteiger partial charge on any atom is 0.292 e. The molecule has 5 rings (SSSR count). The van der Waals surface area contributed by atoms with Crippen LogP contribution in [0, 0.1) is 0 Å². The standard InChI is InChI=1S/C24H24N6O2/c1-32-15-26-22(31)21-28-23-27-20(17-8-10-18(11-9-17)24(25)12-5-13-24)19(14-30(23)29-21)16-6-3-2-4-7-16/h2-4,6-11,14H,5,12-13,15,25H2,1H3,(H,26,31). The third-order valence-corrected chi connectivity index (χ3v) is 5.98. The summed E-state index contributed by atoms with van der Waals surface area (Å²) in [5.41, 5.74) is 11.0. The lowest BCUT2D eigenvalue weighted by Crippen LogP contribution is -2.43. The molecule has 0 bridgehead atoms. The number of aromatic nitrogens is 4. The molecule has 1 saturated carbocycles. The van der Waals surface area contributed by atoms with Crippen molar-refractivity contribution in [3.8, 4) is 22.4 Å². The molecule has 0 saturated heterocycles. The van der Waals surface area contributed by atoms with Crippen molar-refractivity contribution in [2.75, 3.05) is 13.8 Å². The zero-order chi connectivity index (χ0) is 22.1. The first-order valence-corrected chi connectivity index (χ1v) is 10.6. The minimum atomic E-state index is -0.418. The molecular formula is C24H24N6O2. The van der Waals surface area contributed by atoms with Crippen molar-refractivity contribution < 1.29 is 9.53 Å². The first-order valence-electron chi connectivity index (χ1n) is 10.6. The van der Waals surface area contributed by atoms with E-state index in [2.05, 4.69) is 39.7 Å². The second-order valence-corrected chi connectivity index (χ2v) is 8.08. The van der Waals surface area contributed by atoms with Gasteiger partial charge < -0.3 is 15.8 Å². The number of rotatable bonds is 6. The highest BCUT2D eigenvalue weighted by atomic mass is 16.5. The van der Waals surface area contributed by atoms with Crippen molar-refractivity contribution in [1.29, 1.82) is 0 Å². The summed E-state index contributed by atoms with van der Waals surface area (Å²) in [6, 6.07) is 18.2. The fourth-order valence-corrected chi connectivity index (χ4v) is 3.99. The Morgan fingerprint density at radius 1 is 1.09 bits per heavy atom. The zero-order valence-corrected chi connectivity index (χ0v) is 17.8. The summed E-state index contributed by atoms with van der Waals surface area (Å²) in [7, 11) is 1.50. The normalized spacial score (nSPS) is 14.8. The number of amides is 1. The van der Waals surface area contributed by atoms with E-state index in [4.69, 9.17) is 15.5 Å². The molecular weight excluding hydrogens is 404 g/mol. The van der Waals surface area contributed by atoms with Crippen LogP contribution >= 0.6 is 0 Å². The third-order valence-electron chi connectivity index (χ3n) is 5.98. The number of nitrogens with one attached hydrogen (secondary N) is 1. The first kappa shape index (κ1) is 20.3. The Morgan fingerprint density at radius 2 is 1.84 bits per heavy atom. The predicted octanol–water partition coefficient (Wildman–Crippen LogP) is 3.13. The van der Waals surface area contributed by atoms with Crippen LogP contribution in [0.1, 0.15) is 35.4 Å². The Bertz CT molecular complexity index is 1260. The summed E-state index contributed by atoms with van der Waals surface area (Å²) in [5.74, 6) is -0.0324. The fraction of sp³-hybridized carbons (Fsp3) is 0.250. The summed E-state index contributed by atoms with van der Waals surface area (Å²) in [4.78, 5) is 21.4. The third kappa shape index (κ3) is 3.63. The lowest BCUT2D eigenvalue weighted by atomic mass is 9.72. The molecule has 1 amide bonds. The van der Waals surface area contributed by atoms with E-state index in [9.17, 15) is 4.79 Å². The van der Waals surface area contributed by atoms with Crippen LogP contribution in [-0.4, -0.2) is 39.3 Å². The van der Waals surface area contributed by atoms with Gasteiger partial charge in [0.25, 0.3) is 11.7 Å². The van der Waals surface area contributed by atoms with E-state index in [0.29, 0.717) is 5.78 Å². The minimum absolute atomic E-state index is 0.0381. The molecule has 2 aromatic carbocycles. The first-order chi connectivity index (χ1) is 15.6. The molecule has 0 unspecified atom stereocenters. The Labute approximate surface area is 185 Å². The maximum absolute atomic E-state index is 12.3. The molecule has 8 heteroatoms. The number of carbonyl (C=O) groups is 1. The Balaban J connectivity index is 1.60. The molecule has 4 aromatic rings. The molecule has 0 spiro atoms. The summed E-state index contributed by atoms with van der Waals surface area (Å²) in [6.45, 7) is 0.0807. The number of benzene rings is 2. The van der Waals surface area contributed by atoms with Gasteiger partial charge >= 0.3 is 0 Å². The van der Waals surface area contributed by atoms with E-state index in [1.165, 1.54) is 18.0 Å². The van der Waals surface area contributed by atoms with Crippen LogP contribution in [0.15, 0.2) is 60.8 Å². The van der Waals surface area contributed by atoms with E-state index in [-0.39, 0.29) is 18.1 Å². The SMILES string of the molecule is COCNC(=O)c1nc2nc(-c3ccc(C4(N)CCC4)cc3)c(-c3ccccc3)cn2n1. The van der Waals surface area contributed by atoms with Crippen molar-refractivity contribution in [3.05, 3.63) is 72.2 Å². The number of hydrogen-bond acceptors (Lipinski definition) is 6. The van der Waals surface area contributed by atoms with E-state index in [1.807, 2.05) is 36.5 Å². The van der Waals surface area contributed by atoms with Gasteiger partial charge in [0, 0.05) is 30.0 Å². The van der Waals surface area contributed by atoms with Crippen molar-refractivity contribution in [3.63, 3.8) is 0 Å². The number of nitrogens with two attached hydrogens (primary N) is 1. The molecule has 0 radical (unpaired) electrons.